The Balaban J connectivity index is 1.71. The molecule has 0 N–H and O–H groups in total. The standard InChI is InChI=1S/C22H25ClF4N6O4/c1-21(2,3)37-20(36)31-10-15(18(34)30-7-5-12(24)8-30)33-16(11-31)29-32(19(33)35)9-14-17(23)13(4-6-28-14)22(25,26)27/h4,6,12,15H,5,7-11H2,1-3H3/t12-,15?/m0/s1. The zero-order chi connectivity index (χ0) is 27.3. The number of aromatic nitrogens is 4. The van der Waals surface area contributed by atoms with Crippen LogP contribution in [0.4, 0.5) is 22.4 Å². The Labute approximate surface area is 213 Å². The minimum Gasteiger partial charge on any atom is -0.444 e. The van der Waals surface area contributed by atoms with Gasteiger partial charge in [0.2, 0.25) is 5.91 Å². The summed E-state index contributed by atoms with van der Waals surface area (Å²) in [5.41, 5.74) is -3.01. The Kier molecular flexibility index (Phi) is 6.99. The topological polar surface area (TPSA) is 103 Å². The second-order valence-corrected chi connectivity index (χ2v) is 10.3. The Hall–Kier alpha value is -3.16. The second kappa shape index (κ2) is 9.62. The monoisotopic (exact) mass is 548 g/mol. The summed E-state index contributed by atoms with van der Waals surface area (Å²) in [5.74, 6) is -0.564. The molecule has 0 saturated carbocycles. The maximum Gasteiger partial charge on any atom is 0.417 e. The van der Waals surface area contributed by atoms with Crippen molar-refractivity contribution in [2.75, 3.05) is 19.6 Å². The number of amides is 2. The highest BCUT2D eigenvalue weighted by Crippen LogP contribution is 2.35. The van der Waals surface area contributed by atoms with Crippen LogP contribution in [0.15, 0.2) is 17.1 Å². The number of ether oxygens (including phenoxy) is 1. The van der Waals surface area contributed by atoms with E-state index in [2.05, 4.69) is 10.1 Å². The Bertz CT molecular complexity index is 1270. The number of rotatable bonds is 3. The summed E-state index contributed by atoms with van der Waals surface area (Å²) in [4.78, 5) is 45.7. The van der Waals surface area contributed by atoms with E-state index >= 15 is 0 Å². The van der Waals surface area contributed by atoms with Crippen LogP contribution in [0.1, 0.15) is 50.3 Å². The van der Waals surface area contributed by atoms with Gasteiger partial charge in [0.1, 0.15) is 17.8 Å². The van der Waals surface area contributed by atoms with Gasteiger partial charge in [0, 0.05) is 12.7 Å². The van der Waals surface area contributed by atoms with E-state index in [1.165, 1.54) is 9.80 Å². The van der Waals surface area contributed by atoms with Crippen molar-refractivity contribution in [3.8, 4) is 0 Å². The molecule has 2 amide bonds. The van der Waals surface area contributed by atoms with E-state index in [1.54, 1.807) is 20.8 Å². The van der Waals surface area contributed by atoms with Gasteiger partial charge in [0.05, 0.1) is 42.5 Å². The number of hydrogen-bond acceptors (Lipinski definition) is 6. The van der Waals surface area contributed by atoms with Crippen LogP contribution in [0.3, 0.4) is 0 Å². The van der Waals surface area contributed by atoms with Gasteiger partial charge in [-0.15, -0.1) is 0 Å². The molecule has 0 radical (unpaired) electrons. The smallest absolute Gasteiger partial charge is 0.417 e. The first-order valence-electron chi connectivity index (χ1n) is 11.5. The molecule has 1 saturated heterocycles. The van der Waals surface area contributed by atoms with Crippen LogP contribution < -0.4 is 5.69 Å². The average Bonchev–Trinajstić information content (AvgIpc) is 3.35. The van der Waals surface area contributed by atoms with Gasteiger partial charge in [-0.1, -0.05) is 11.6 Å². The first kappa shape index (κ1) is 26.9. The van der Waals surface area contributed by atoms with Crippen molar-refractivity contribution < 1.29 is 31.9 Å². The molecule has 4 rings (SSSR count). The van der Waals surface area contributed by atoms with Crippen LogP contribution >= 0.6 is 11.6 Å². The fourth-order valence-corrected chi connectivity index (χ4v) is 4.53. The molecule has 2 atom stereocenters. The molecule has 0 aromatic carbocycles. The van der Waals surface area contributed by atoms with Gasteiger partial charge in [0.25, 0.3) is 0 Å². The molecule has 37 heavy (non-hydrogen) atoms. The van der Waals surface area contributed by atoms with Gasteiger partial charge in [-0.05, 0) is 33.3 Å². The number of alkyl halides is 4. The molecular weight excluding hydrogens is 524 g/mol. The lowest BCUT2D eigenvalue weighted by Crippen LogP contribution is -2.51. The lowest BCUT2D eigenvalue weighted by Gasteiger charge is -2.35. The van der Waals surface area contributed by atoms with E-state index in [-0.39, 0.29) is 44.1 Å². The van der Waals surface area contributed by atoms with E-state index in [1.807, 2.05) is 0 Å². The molecule has 1 unspecified atom stereocenters. The highest BCUT2D eigenvalue weighted by atomic mass is 35.5. The zero-order valence-corrected chi connectivity index (χ0v) is 21.0. The van der Waals surface area contributed by atoms with Crippen molar-refractivity contribution in [2.45, 2.75) is 64.3 Å². The maximum absolute atomic E-state index is 13.8. The molecule has 2 aliphatic rings. The molecule has 4 heterocycles. The molecule has 0 aliphatic carbocycles. The van der Waals surface area contributed by atoms with E-state index in [9.17, 15) is 31.9 Å². The first-order chi connectivity index (χ1) is 17.2. The van der Waals surface area contributed by atoms with Crippen LogP contribution in [0.5, 0.6) is 0 Å². The predicted octanol–water partition coefficient (Wildman–Crippen LogP) is 3.02. The summed E-state index contributed by atoms with van der Waals surface area (Å²) in [6.07, 6.45) is -5.62. The van der Waals surface area contributed by atoms with Crippen molar-refractivity contribution in [3.63, 3.8) is 0 Å². The molecule has 0 bridgehead atoms. The largest absolute Gasteiger partial charge is 0.444 e. The summed E-state index contributed by atoms with van der Waals surface area (Å²) < 4.78 is 60.9. The third kappa shape index (κ3) is 5.58. The van der Waals surface area contributed by atoms with Crippen molar-refractivity contribution in [2.24, 2.45) is 0 Å². The van der Waals surface area contributed by atoms with Gasteiger partial charge < -0.3 is 9.64 Å². The fourth-order valence-electron chi connectivity index (χ4n) is 4.26. The maximum atomic E-state index is 13.8. The molecular formula is C22H25ClF4N6O4. The van der Waals surface area contributed by atoms with Gasteiger partial charge in [-0.25, -0.2) is 18.7 Å². The van der Waals surface area contributed by atoms with Crippen LogP contribution in [-0.2, 0) is 28.8 Å². The molecule has 10 nitrogen and oxygen atoms in total. The molecule has 1 fully saturated rings. The Morgan fingerprint density at radius 3 is 2.49 bits per heavy atom. The molecule has 15 heteroatoms. The minimum atomic E-state index is -4.73. The fraction of sp³-hybridized carbons (Fsp3) is 0.591. The van der Waals surface area contributed by atoms with Crippen LogP contribution in [0.25, 0.3) is 0 Å². The number of hydrogen-bond donors (Lipinski definition) is 0. The Morgan fingerprint density at radius 1 is 1.19 bits per heavy atom. The van der Waals surface area contributed by atoms with Gasteiger partial charge in [0.15, 0.2) is 5.82 Å². The number of halogens is 5. The van der Waals surface area contributed by atoms with Crippen molar-refractivity contribution in [1.82, 2.24) is 29.1 Å². The Morgan fingerprint density at radius 2 is 1.89 bits per heavy atom. The summed E-state index contributed by atoms with van der Waals surface area (Å²) in [5, 5.41) is 3.50. The average molecular weight is 549 g/mol. The number of carbonyl (C=O) groups excluding carboxylic acids is 2. The number of fused-ring (bicyclic) bond motifs is 1. The normalized spacial score (nSPS) is 20.2. The van der Waals surface area contributed by atoms with Gasteiger partial charge in [-0.2, -0.15) is 18.3 Å². The van der Waals surface area contributed by atoms with E-state index in [0.29, 0.717) is 6.07 Å². The highest BCUT2D eigenvalue weighted by Gasteiger charge is 2.41. The van der Waals surface area contributed by atoms with Crippen molar-refractivity contribution >= 4 is 23.6 Å². The van der Waals surface area contributed by atoms with Crippen LogP contribution in [0.2, 0.25) is 5.02 Å². The van der Waals surface area contributed by atoms with Crippen molar-refractivity contribution in [3.05, 3.63) is 44.9 Å². The van der Waals surface area contributed by atoms with E-state index < -0.39 is 58.8 Å². The molecule has 2 aromatic heterocycles. The molecule has 2 aromatic rings. The van der Waals surface area contributed by atoms with Gasteiger partial charge in [-0.3, -0.25) is 19.2 Å². The first-order valence-corrected chi connectivity index (χ1v) is 11.8. The predicted molar refractivity (Wildman–Crippen MR) is 122 cm³/mol. The zero-order valence-electron chi connectivity index (χ0n) is 20.3. The number of likely N-dealkylation sites (tertiary alicyclic amines) is 1. The summed E-state index contributed by atoms with van der Waals surface area (Å²) >= 11 is 5.93. The minimum absolute atomic E-state index is 0.0135. The lowest BCUT2D eigenvalue weighted by atomic mass is 10.1. The third-order valence-electron chi connectivity index (χ3n) is 5.92. The number of pyridine rings is 1. The molecule has 2 aliphatic heterocycles. The number of nitrogens with zero attached hydrogens (tertiary/aromatic N) is 6. The van der Waals surface area contributed by atoms with Crippen LogP contribution in [0, 0.1) is 0 Å². The SMILES string of the molecule is CC(C)(C)OC(=O)N1Cc2nn(Cc3nccc(C(F)(F)F)c3Cl)c(=O)n2C(C(=O)N2CC[C@H](F)C2)C1. The van der Waals surface area contributed by atoms with Gasteiger partial charge >= 0.3 is 18.0 Å². The summed E-state index contributed by atoms with van der Waals surface area (Å²) in [6, 6.07) is -0.512. The quantitative estimate of drug-likeness (QED) is 0.546. The number of carbonyl (C=O) groups is 2. The molecule has 0 spiro atoms. The second-order valence-electron chi connectivity index (χ2n) is 9.89. The summed E-state index contributed by atoms with van der Waals surface area (Å²) in [6.45, 7) is 4.05. The third-order valence-corrected chi connectivity index (χ3v) is 6.35. The highest BCUT2D eigenvalue weighted by molar-refractivity contribution is 6.32. The van der Waals surface area contributed by atoms with Crippen LogP contribution in [-0.4, -0.2) is 72.5 Å². The van der Waals surface area contributed by atoms with E-state index in [0.717, 1.165) is 15.4 Å². The lowest BCUT2D eigenvalue weighted by molar-refractivity contribution is -0.137. The summed E-state index contributed by atoms with van der Waals surface area (Å²) in [7, 11) is 0. The van der Waals surface area contributed by atoms with Crippen molar-refractivity contribution in [1.29, 1.82) is 0 Å². The molecule has 202 valence electrons. The van der Waals surface area contributed by atoms with E-state index in [4.69, 9.17) is 16.3 Å².